The lowest BCUT2D eigenvalue weighted by Gasteiger charge is -2.33. The topological polar surface area (TPSA) is 78.9 Å². The van der Waals surface area contributed by atoms with Gasteiger partial charge in [-0.05, 0) is 31.5 Å². The molecule has 1 atom stereocenters. The highest BCUT2D eigenvalue weighted by Gasteiger charge is 2.46. The molecule has 0 amide bonds. The van der Waals surface area contributed by atoms with Crippen molar-refractivity contribution in [3.63, 3.8) is 0 Å². The van der Waals surface area contributed by atoms with Crippen LogP contribution in [0.3, 0.4) is 0 Å². The molecular weight excluding hydrogens is 380 g/mol. The van der Waals surface area contributed by atoms with Crippen LogP contribution in [-0.4, -0.2) is 21.0 Å². The Hall–Kier alpha value is -3.06. The molecule has 2 aliphatic rings. The maximum atomic E-state index is 13.1. The molecule has 0 fully saturated rings. The van der Waals surface area contributed by atoms with Gasteiger partial charge >= 0.3 is 16.1 Å². The molecule has 0 bridgehead atoms. The summed E-state index contributed by atoms with van der Waals surface area (Å²) in [6.07, 6.45) is 0. The van der Waals surface area contributed by atoms with Crippen LogP contribution in [0.15, 0.2) is 70.8 Å². The SMILES string of the molecule is CCOC(=O)C1=C(C)OC2=C(C1c1ccccc1)S(=O)(=O)Oc1ccccc12. The zero-order valence-corrected chi connectivity index (χ0v) is 16.2. The van der Waals surface area contributed by atoms with Gasteiger partial charge in [-0.1, -0.05) is 42.5 Å². The van der Waals surface area contributed by atoms with E-state index in [0.29, 0.717) is 16.9 Å². The average Bonchev–Trinajstić information content (AvgIpc) is 2.67. The van der Waals surface area contributed by atoms with Gasteiger partial charge in [0, 0.05) is 0 Å². The fourth-order valence-corrected chi connectivity index (χ4v) is 4.89. The molecule has 0 N–H and O–H groups in total. The van der Waals surface area contributed by atoms with Gasteiger partial charge in [-0.3, -0.25) is 0 Å². The molecule has 4 rings (SSSR count). The van der Waals surface area contributed by atoms with Crippen LogP contribution in [0, 0.1) is 0 Å². The van der Waals surface area contributed by atoms with Crippen LogP contribution in [0.25, 0.3) is 5.76 Å². The Bertz CT molecular complexity index is 1110. The molecule has 0 aliphatic carbocycles. The van der Waals surface area contributed by atoms with Crippen molar-refractivity contribution in [2.24, 2.45) is 0 Å². The van der Waals surface area contributed by atoms with Gasteiger partial charge in [0.25, 0.3) is 0 Å². The van der Waals surface area contributed by atoms with Crippen LogP contribution >= 0.6 is 0 Å². The molecule has 7 heteroatoms. The van der Waals surface area contributed by atoms with Crippen molar-refractivity contribution in [2.45, 2.75) is 19.8 Å². The molecule has 2 heterocycles. The van der Waals surface area contributed by atoms with E-state index in [-0.39, 0.29) is 28.6 Å². The zero-order valence-electron chi connectivity index (χ0n) is 15.3. The Morgan fingerprint density at radius 3 is 2.46 bits per heavy atom. The van der Waals surface area contributed by atoms with Crippen LogP contribution in [0.4, 0.5) is 0 Å². The number of esters is 1. The van der Waals surface area contributed by atoms with Crippen LogP contribution < -0.4 is 4.18 Å². The predicted molar refractivity (Wildman–Crippen MR) is 103 cm³/mol. The van der Waals surface area contributed by atoms with E-state index in [2.05, 4.69) is 0 Å². The van der Waals surface area contributed by atoms with E-state index in [9.17, 15) is 13.2 Å². The Balaban J connectivity index is 2.01. The minimum absolute atomic E-state index is 0.0916. The number of hydrogen-bond acceptors (Lipinski definition) is 6. The van der Waals surface area contributed by atoms with Gasteiger partial charge in [-0.25, -0.2) is 4.79 Å². The number of carbonyl (C=O) groups is 1. The highest BCUT2D eigenvalue weighted by Crippen LogP contribution is 2.50. The van der Waals surface area contributed by atoms with E-state index in [0.717, 1.165) is 0 Å². The van der Waals surface area contributed by atoms with Crippen molar-refractivity contribution in [1.29, 1.82) is 0 Å². The molecular formula is C21H18O6S. The van der Waals surface area contributed by atoms with Crippen molar-refractivity contribution in [3.05, 3.63) is 82.0 Å². The summed E-state index contributed by atoms with van der Waals surface area (Å²) in [7, 11) is -4.19. The van der Waals surface area contributed by atoms with Crippen LogP contribution in [0.5, 0.6) is 5.75 Å². The highest BCUT2D eigenvalue weighted by atomic mass is 32.2. The molecule has 28 heavy (non-hydrogen) atoms. The summed E-state index contributed by atoms with van der Waals surface area (Å²) in [6.45, 7) is 3.49. The van der Waals surface area contributed by atoms with Gasteiger partial charge in [0.05, 0.1) is 23.7 Å². The number of ether oxygens (including phenoxy) is 2. The fraction of sp³-hybridized carbons (Fsp3) is 0.190. The Kier molecular flexibility index (Phi) is 4.47. The van der Waals surface area contributed by atoms with E-state index in [1.165, 1.54) is 0 Å². The van der Waals surface area contributed by atoms with E-state index < -0.39 is 22.0 Å². The maximum absolute atomic E-state index is 13.1. The molecule has 0 spiro atoms. The Morgan fingerprint density at radius 2 is 1.75 bits per heavy atom. The van der Waals surface area contributed by atoms with Crippen molar-refractivity contribution < 1.29 is 26.9 Å². The third-order valence-corrected chi connectivity index (χ3v) is 6.00. The molecule has 2 aromatic carbocycles. The first-order valence-corrected chi connectivity index (χ1v) is 10.2. The number of para-hydroxylation sites is 1. The van der Waals surface area contributed by atoms with Gasteiger partial charge in [-0.2, -0.15) is 8.42 Å². The molecule has 6 nitrogen and oxygen atoms in total. The molecule has 144 valence electrons. The molecule has 2 aromatic rings. The second-order valence-electron chi connectivity index (χ2n) is 6.36. The Morgan fingerprint density at radius 1 is 1.07 bits per heavy atom. The number of rotatable bonds is 3. The molecule has 0 radical (unpaired) electrons. The van der Waals surface area contributed by atoms with Crippen LogP contribution in [-0.2, 0) is 24.4 Å². The number of carbonyl (C=O) groups excluding carboxylic acids is 1. The minimum Gasteiger partial charge on any atom is -0.463 e. The summed E-state index contributed by atoms with van der Waals surface area (Å²) in [6, 6.07) is 15.7. The first-order chi connectivity index (χ1) is 13.4. The summed E-state index contributed by atoms with van der Waals surface area (Å²) in [5.41, 5.74) is 1.31. The van der Waals surface area contributed by atoms with Gasteiger partial charge in [0.1, 0.15) is 10.7 Å². The maximum Gasteiger partial charge on any atom is 0.340 e. The number of allylic oxidation sites excluding steroid dienone is 2. The molecule has 2 aliphatic heterocycles. The second-order valence-corrected chi connectivity index (χ2v) is 7.88. The minimum atomic E-state index is -4.19. The van der Waals surface area contributed by atoms with E-state index in [1.807, 2.05) is 6.07 Å². The van der Waals surface area contributed by atoms with Gasteiger partial charge in [0.2, 0.25) is 0 Å². The number of benzene rings is 2. The normalized spacial score (nSPS) is 19.9. The molecule has 1 unspecified atom stereocenters. The standard InChI is InChI=1S/C21H18O6S/c1-3-25-21(22)17-13(2)26-19-15-11-7-8-12-16(15)27-28(23,24)20(19)18(17)14-9-5-4-6-10-14/h4-12,18H,3H2,1-2H3. The lowest BCUT2D eigenvalue weighted by Crippen LogP contribution is -2.31. The largest absolute Gasteiger partial charge is 0.463 e. The van der Waals surface area contributed by atoms with E-state index in [4.69, 9.17) is 13.7 Å². The monoisotopic (exact) mass is 398 g/mol. The van der Waals surface area contributed by atoms with E-state index in [1.54, 1.807) is 62.4 Å². The fourth-order valence-electron chi connectivity index (χ4n) is 3.49. The summed E-state index contributed by atoms with van der Waals surface area (Å²) in [5.74, 6) is -0.823. The van der Waals surface area contributed by atoms with E-state index >= 15 is 0 Å². The lowest BCUT2D eigenvalue weighted by atomic mass is 9.87. The van der Waals surface area contributed by atoms with Gasteiger partial charge in [-0.15, -0.1) is 0 Å². The third kappa shape index (κ3) is 2.88. The van der Waals surface area contributed by atoms with Crippen molar-refractivity contribution in [3.8, 4) is 5.75 Å². The highest BCUT2D eigenvalue weighted by molar-refractivity contribution is 7.91. The van der Waals surface area contributed by atoms with Crippen LogP contribution in [0.1, 0.15) is 30.9 Å². The predicted octanol–water partition coefficient (Wildman–Crippen LogP) is 3.73. The summed E-state index contributed by atoms with van der Waals surface area (Å²) in [4.78, 5) is 12.6. The Labute approximate surface area is 163 Å². The molecule has 0 saturated heterocycles. The van der Waals surface area contributed by atoms with Crippen LogP contribution in [0.2, 0.25) is 0 Å². The number of fused-ring (bicyclic) bond motifs is 2. The summed E-state index contributed by atoms with van der Waals surface area (Å²) in [5, 5.41) is 0. The zero-order chi connectivity index (χ0) is 19.9. The number of hydrogen-bond donors (Lipinski definition) is 0. The summed E-state index contributed by atoms with van der Waals surface area (Å²) >= 11 is 0. The van der Waals surface area contributed by atoms with Gasteiger partial charge < -0.3 is 13.7 Å². The first-order valence-electron chi connectivity index (χ1n) is 8.82. The summed E-state index contributed by atoms with van der Waals surface area (Å²) < 4.78 is 42.5. The smallest absolute Gasteiger partial charge is 0.340 e. The second kappa shape index (κ2) is 6.83. The third-order valence-electron chi connectivity index (χ3n) is 4.64. The molecule has 0 aromatic heterocycles. The van der Waals surface area contributed by atoms with Crippen molar-refractivity contribution >= 4 is 21.8 Å². The van der Waals surface area contributed by atoms with Crippen molar-refractivity contribution in [2.75, 3.05) is 6.61 Å². The lowest BCUT2D eigenvalue weighted by molar-refractivity contribution is -0.139. The quantitative estimate of drug-likeness (QED) is 0.579. The van der Waals surface area contributed by atoms with Crippen molar-refractivity contribution in [1.82, 2.24) is 0 Å². The molecule has 0 saturated carbocycles. The average molecular weight is 398 g/mol. The van der Waals surface area contributed by atoms with Gasteiger partial charge in [0.15, 0.2) is 11.5 Å². The first kappa shape index (κ1) is 18.3.